The summed E-state index contributed by atoms with van der Waals surface area (Å²) in [5.74, 6) is 1.49. The van der Waals surface area contributed by atoms with Gasteiger partial charge < -0.3 is 10.6 Å². The molecule has 0 aliphatic heterocycles. The molecule has 2 N–H and O–H groups in total. The highest BCUT2D eigenvalue weighted by molar-refractivity contribution is 5.42. The molecular formula is C17H20N6. The Bertz CT molecular complexity index is 720. The second-order valence-corrected chi connectivity index (χ2v) is 5.25. The minimum atomic E-state index is 0.717. The van der Waals surface area contributed by atoms with Crippen molar-refractivity contribution < 1.29 is 0 Å². The number of rotatable bonds is 7. The van der Waals surface area contributed by atoms with E-state index in [0.29, 0.717) is 0 Å². The molecular weight excluding hydrogens is 288 g/mol. The SMILES string of the molecule is Cc1ccn(-c2ccc(NCCCNc3ccccc3)nn2)n1. The molecule has 0 atom stereocenters. The van der Waals surface area contributed by atoms with E-state index in [4.69, 9.17) is 0 Å². The number of para-hydroxylation sites is 1. The van der Waals surface area contributed by atoms with Gasteiger partial charge in [-0.05, 0) is 43.7 Å². The van der Waals surface area contributed by atoms with Crippen LogP contribution in [0.2, 0.25) is 0 Å². The Balaban J connectivity index is 1.42. The Kier molecular flexibility index (Phi) is 4.83. The first-order chi connectivity index (χ1) is 11.3. The van der Waals surface area contributed by atoms with Gasteiger partial charge in [0, 0.05) is 25.0 Å². The van der Waals surface area contributed by atoms with Gasteiger partial charge in [0.1, 0.15) is 5.82 Å². The molecule has 118 valence electrons. The van der Waals surface area contributed by atoms with E-state index in [9.17, 15) is 0 Å². The molecule has 1 aromatic carbocycles. The molecule has 2 heterocycles. The van der Waals surface area contributed by atoms with E-state index >= 15 is 0 Å². The minimum Gasteiger partial charge on any atom is -0.385 e. The lowest BCUT2D eigenvalue weighted by Gasteiger charge is -2.08. The van der Waals surface area contributed by atoms with Gasteiger partial charge in [-0.2, -0.15) is 5.10 Å². The molecule has 2 aromatic heterocycles. The molecule has 0 saturated carbocycles. The molecule has 0 unspecified atom stereocenters. The van der Waals surface area contributed by atoms with E-state index < -0.39 is 0 Å². The van der Waals surface area contributed by atoms with E-state index in [0.717, 1.165) is 42.5 Å². The van der Waals surface area contributed by atoms with Crippen molar-refractivity contribution in [2.75, 3.05) is 23.7 Å². The van der Waals surface area contributed by atoms with E-state index in [1.807, 2.05) is 49.5 Å². The summed E-state index contributed by atoms with van der Waals surface area (Å²) in [4.78, 5) is 0. The van der Waals surface area contributed by atoms with Crippen LogP contribution in [-0.4, -0.2) is 33.1 Å². The molecule has 3 aromatic rings. The molecule has 0 fully saturated rings. The smallest absolute Gasteiger partial charge is 0.175 e. The van der Waals surface area contributed by atoms with Gasteiger partial charge in [0.2, 0.25) is 0 Å². The molecule has 6 nitrogen and oxygen atoms in total. The predicted molar refractivity (Wildman–Crippen MR) is 91.9 cm³/mol. The van der Waals surface area contributed by atoms with Crippen molar-refractivity contribution in [3.8, 4) is 5.82 Å². The average molecular weight is 308 g/mol. The molecule has 0 aliphatic rings. The third kappa shape index (κ3) is 4.29. The van der Waals surface area contributed by atoms with E-state index in [1.54, 1.807) is 4.68 Å². The van der Waals surface area contributed by atoms with Gasteiger partial charge in [0.05, 0.1) is 5.69 Å². The maximum absolute atomic E-state index is 4.31. The van der Waals surface area contributed by atoms with E-state index in [-0.39, 0.29) is 0 Å². The number of benzene rings is 1. The van der Waals surface area contributed by atoms with Crippen LogP contribution in [0.1, 0.15) is 12.1 Å². The molecule has 23 heavy (non-hydrogen) atoms. The van der Waals surface area contributed by atoms with Crippen molar-refractivity contribution >= 4 is 11.5 Å². The average Bonchev–Trinajstić information content (AvgIpc) is 3.03. The van der Waals surface area contributed by atoms with Gasteiger partial charge >= 0.3 is 0 Å². The monoisotopic (exact) mass is 308 g/mol. The van der Waals surface area contributed by atoms with Crippen LogP contribution in [0.5, 0.6) is 0 Å². The lowest BCUT2D eigenvalue weighted by Crippen LogP contribution is -2.10. The van der Waals surface area contributed by atoms with Crippen LogP contribution < -0.4 is 10.6 Å². The van der Waals surface area contributed by atoms with Crippen molar-refractivity contribution in [1.82, 2.24) is 20.0 Å². The lowest BCUT2D eigenvalue weighted by molar-refractivity contribution is 0.801. The molecule has 6 heteroatoms. The zero-order chi connectivity index (χ0) is 15.9. The van der Waals surface area contributed by atoms with Crippen molar-refractivity contribution in [3.05, 3.63) is 60.4 Å². The summed E-state index contributed by atoms with van der Waals surface area (Å²) in [6, 6.07) is 16.0. The Hall–Kier alpha value is -2.89. The van der Waals surface area contributed by atoms with Gasteiger partial charge in [0.15, 0.2) is 5.82 Å². The van der Waals surface area contributed by atoms with Crippen LogP contribution in [0, 0.1) is 6.92 Å². The number of aromatic nitrogens is 4. The van der Waals surface area contributed by atoms with E-state index in [1.165, 1.54) is 0 Å². The normalized spacial score (nSPS) is 10.5. The van der Waals surface area contributed by atoms with Gasteiger partial charge in [-0.25, -0.2) is 4.68 Å². The molecule has 0 amide bonds. The maximum Gasteiger partial charge on any atom is 0.175 e. The van der Waals surface area contributed by atoms with Crippen LogP contribution >= 0.6 is 0 Å². The van der Waals surface area contributed by atoms with Gasteiger partial charge in [0.25, 0.3) is 0 Å². The fraction of sp³-hybridized carbons (Fsp3) is 0.235. The predicted octanol–water partition coefficient (Wildman–Crippen LogP) is 2.88. The fourth-order valence-electron chi connectivity index (χ4n) is 2.18. The molecule has 0 bridgehead atoms. The summed E-state index contributed by atoms with van der Waals surface area (Å²) in [6.45, 7) is 3.70. The third-order valence-corrected chi connectivity index (χ3v) is 3.37. The second-order valence-electron chi connectivity index (χ2n) is 5.25. The maximum atomic E-state index is 4.31. The summed E-state index contributed by atoms with van der Waals surface area (Å²) in [5.41, 5.74) is 2.10. The number of anilines is 2. The number of aryl methyl sites for hydroxylation is 1. The minimum absolute atomic E-state index is 0.717. The summed E-state index contributed by atoms with van der Waals surface area (Å²) in [7, 11) is 0. The molecule has 0 spiro atoms. The summed E-state index contributed by atoms with van der Waals surface area (Å²) in [5, 5.41) is 19.3. The Labute approximate surface area is 135 Å². The highest BCUT2D eigenvalue weighted by Crippen LogP contribution is 2.07. The third-order valence-electron chi connectivity index (χ3n) is 3.37. The van der Waals surface area contributed by atoms with Gasteiger partial charge in [-0.15, -0.1) is 10.2 Å². The van der Waals surface area contributed by atoms with Crippen LogP contribution in [0.4, 0.5) is 11.5 Å². The van der Waals surface area contributed by atoms with Gasteiger partial charge in [-0.3, -0.25) is 0 Å². The Morgan fingerprint density at radius 1 is 0.913 bits per heavy atom. The molecule has 0 radical (unpaired) electrons. The number of nitrogens with one attached hydrogen (secondary N) is 2. The van der Waals surface area contributed by atoms with Crippen LogP contribution in [0.15, 0.2) is 54.7 Å². The first kappa shape index (κ1) is 15.0. The number of nitrogens with zero attached hydrogens (tertiary/aromatic N) is 4. The molecule has 3 rings (SSSR count). The standard InChI is InChI=1S/C17H20N6/c1-14-10-13-23(22-14)17-9-8-16(20-21-17)19-12-5-11-18-15-6-3-2-4-7-15/h2-4,6-10,13,18H,5,11-12H2,1H3,(H,19,20). The van der Waals surface area contributed by atoms with Crippen molar-refractivity contribution in [2.45, 2.75) is 13.3 Å². The zero-order valence-electron chi connectivity index (χ0n) is 13.1. The first-order valence-electron chi connectivity index (χ1n) is 7.70. The highest BCUT2D eigenvalue weighted by Gasteiger charge is 2.01. The van der Waals surface area contributed by atoms with Crippen molar-refractivity contribution in [3.63, 3.8) is 0 Å². The summed E-state index contributed by atoms with van der Waals surface area (Å²) < 4.78 is 1.72. The topological polar surface area (TPSA) is 67.7 Å². The fourth-order valence-corrected chi connectivity index (χ4v) is 2.18. The second kappa shape index (κ2) is 7.40. The van der Waals surface area contributed by atoms with E-state index in [2.05, 4.69) is 38.1 Å². The summed E-state index contributed by atoms with van der Waals surface area (Å²) >= 11 is 0. The van der Waals surface area contributed by atoms with Crippen molar-refractivity contribution in [2.24, 2.45) is 0 Å². The largest absolute Gasteiger partial charge is 0.385 e. The van der Waals surface area contributed by atoms with Crippen molar-refractivity contribution in [1.29, 1.82) is 0 Å². The zero-order valence-corrected chi connectivity index (χ0v) is 13.1. The number of hydrogen-bond acceptors (Lipinski definition) is 5. The lowest BCUT2D eigenvalue weighted by atomic mass is 10.3. The first-order valence-corrected chi connectivity index (χ1v) is 7.70. The Morgan fingerprint density at radius 2 is 1.74 bits per heavy atom. The van der Waals surface area contributed by atoms with Crippen LogP contribution in [0.3, 0.4) is 0 Å². The van der Waals surface area contributed by atoms with Gasteiger partial charge in [-0.1, -0.05) is 18.2 Å². The summed E-state index contributed by atoms with van der Waals surface area (Å²) in [6.07, 6.45) is 2.87. The molecule has 0 saturated heterocycles. The Morgan fingerprint density at radius 3 is 2.43 bits per heavy atom. The molecule has 0 aliphatic carbocycles. The highest BCUT2D eigenvalue weighted by atomic mass is 15.3. The van der Waals surface area contributed by atoms with Crippen LogP contribution in [0.25, 0.3) is 5.82 Å². The quantitative estimate of drug-likeness (QED) is 0.657. The number of hydrogen-bond donors (Lipinski definition) is 2. The van der Waals surface area contributed by atoms with Crippen LogP contribution in [-0.2, 0) is 0 Å².